The van der Waals surface area contributed by atoms with E-state index in [2.05, 4.69) is 10.7 Å². The Kier molecular flexibility index (Phi) is 5.03. The van der Waals surface area contributed by atoms with Gasteiger partial charge >= 0.3 is 0 Å². The number of nitrogens with zero attached hydrogens (tertiary/aromatic N) is 1. The van der Waals surface area contributed by atoms with E-state index >= 15 is 0 Å². The maximum absolute atomic E-state index is 12.1. The van der Waals surface area contributed by atoms with E-state index in [1.807, 2.05) is 6.07 Å². The average Bonchev–Trinajstić information content (AvgIpc) is 3.14. The summed E-state index contributed by atoms with van der Waals surface area (Å²) >= 11 is 6.16. The summed E-state index contributed by atoms with van der Waals surface area (Å²) in [6.07, 6.45) is 1.64. The highest BCUT2D eigenvalue weighted by Crippen LogP contribution is 2.29. The van der Waals surface area contributed by atoms with Crippen LogP contribution in [0.5, 0.6) is 0 Å². The fraction of sp³-hybridized carbons (Fsp3) is 0.118. The predicted molar refractivity (Wildman–Crippen MR) is 102 cm³/mol. The molecular formula is C17H15N3O3S2. The lowest BCUT2D eigenvalue weighted by Crippen LogP contribution is -2.36. The van der Waals surface area contributed by atoms with Crippen LogP contribution in [0.15, 0.2) is 45.7 Å². The van der Waals surface area contributed by atoms with Crippen LogP contribution in [0.1, 0.15) is 16.1 Å². The monoisotopic (exact) mass is 373 g/mol. The molecule has 2 amide bonds. The first-order valence-corrected chi connectivity index (χ1v) is 8.58. The number of thioether (sulfide) groups is 1. The van der Waals surface area contributed by atoms with Crippen molar-refractivity contribution >= 4 is 46.2 Å². The molecular weight excluding hydrogens is 358 g/mol. The Hall–Kier alpha value is -2.42. The molecule has 6 nitrogen and oxygen atoms in total. The Labute approximate surface area is 154 Å². The van der Waals surface area contributed by atoms with E-state index in [-0.39, 0.29) is 11.8 Å². The Morgan fingerprint density at radius 3 is 2.80 bits per heavy atom. The number of hydrogen-bond acceptors (Lipinski definition) is 6. The van der Waals surface area contributed by atoms with Gasteiger partial charge in [-0.25, -0.2) is 5.01 Å². The summed E-state index contributed by atoms with van der Waals surface area (Å²) in [4.78, 5) is 24.3. The van der Waals surface area contributed by atoms with Gasteiger partial charge in [0.1, 0.15) is 15.8 Å². The van der Waals surface area contributed by atoms with Gasteiger partial charge in [0.15, 0.2) is 0 Å². The lowest BCUT2D eigenvalue weighted by Gasteiger charge is -2.12. The molecule has 0 bridgehead atoms. The van der Waals surface area contributed by atoms with Crippen molar-refractivity contribution in [3.63, 3.8) is 0 Å². The molecule has 8 heteroatoms. The number of carbonyl (C=O) groups is 2. The third-order valence-electron chi connectivity index (χ3n) is 3.28. The number of nitrogens with one attached hydrogen (secondary N) is 2. The molecule has 2 heterocycles. The van der Waals surface area contributed by atoms with Crippen LogP contribution in [0.25, 0.3) is 17.4 Å². The molecule has 0 spiro atoms. The summed E-state index contributed by atoms with van der Waals surface area (Å²) in [5.41, 5.74) is 3.99. The zero-order valence-corrected chi connectivity index (χ0v) is 15.2. The largest absolute Gasteiger partial charge is 0.457 e. The Balaban J connectivity index is 1.83. The van der Waals surface area contributed by atoms with Crippen LogP contribution in [-0.2, 0) is 4.79 Å². The molecule has 1 fully saturated rings. The minimum Gasteiger partial charge on any atom is -0.457 e. The van der Waals surface area contributed by atoms with Gasteiger partial charge < -0.3 is 9.73 Å². The van der Waals surface area contributed by atoms with Gasteiger partial charge in [-0.05, 0) is 24.3 Å². The van der Waals surface area contributed by atoms with E-state index < -0.39 is 0 Å². The summed E-state index contributed by atoms with van der Waals surface area (Å²) in [7, 11) is 3.49. The Morgan fingerprint density at radius 1 is 1.32 bits per heavy atom. The summed E-state index contributed by atoms with van der Waals surface area (Å²) in [5.74, 6) is 0.724. The number of thiocarbonyl (C=S) groups is 1. The van der Waals surface area contributed by atoms with Gasteiger partial charge in [-0.15, -0.1) is 0 Å². The van der Waals surface area contributed by atoms with Crippen molar-refractivity contribution in [2.45, 2.75) is 0 Å². The van der Waals surface area contributed by atoms with Crippen LogP contribution >= 0.6 is 24.0 Å². The van der Waals surface area contributed by atoms with Crippen LogP contribution in [0.3, 0.4) is 0 Å². The highest BCUT2D eigenvalue weighted by Gasteiger charge is 2.22. The highest BCUT2D eigenvalue weighted by molar-refractivity contribution is 8.26. The highest BCUT2D eigenvalue weighted by atomic mass is 32.2. The molecule has 1 aromatic heterocycles. The van der Waals surface area contributed by atoms with Crippen LogP contribution in [0.4, 0.5) is 0 Å². The van der Waals surface area contributed by atoms with Gasteiger partial charge in [-0.3, -0.25) is 15.0 Å². The molecule has 3 rings (SSSR count). The van der Waals surface area contributed by atoms with Gasteiger partial charge in [0.2, 0.25) is 0 Å². The molecule has 1 saturated heterocycles. The SMILES string of the molecule is CN(C)NC(=O)c1cccc(-c2ccc(/C=C3\SC(=S)NC3=O)o2)c1. The molecule has 0 atom stereocenters. The lowest BCUT2D eigenvalue weighted by molar-refractivity contribution is -0.115. The fourth-order valence-electron chi connectivity index (χ4n) is 2.22. The van der Waals surface area contributed by atoms with Crippen molar-refractivity contribution in [1.29, 1.82) is 0 Å². The Morgan fingerprint density at radius 2 is 2.12 bits per heavy atom. The van der Waals surface area contributed by atoms with Crippen molar-refractivity contribution in [2.24, 2.45) is 0 Å². The van der Waals surface area contributed by atoms with E-state index in [0.29, 0.717) is 26.3 Å². The molecule has 1 aliphatic heterocycles. The van der Waals surface area contributed by atoms with Crippen molar-refractivity contribution in [2.75, 3.05) is 14.1 Å². The first-order valence-electron chi connectivity index (χ1n) is 7.36. The zero-order valence-electron chi connectivity index (χ0n) is 13.5. The second-order valence-corrected chi connectivity index (χ2v) is 7.19. The molecule has 25 heavy (non-hydrogen) atoms. The fourth-order valence-corrected chi connectivity index (χ4v) is 3.24. The van der Waals surface area contributed by atoms with Crippen LogP contribution in [0.2, 0.25) is 0 Å². The molecule has 2 N–H and O–H groups in total. The molecule has 1 aliphatic rings. The number of amides is 2. The lowest BCUT2D eigenvalue weighted by atomic mass is 10.1. The van der Waals surface area contributed by atoms with E-state index in [9.17, 15) is 9.59 Å². The minimum absolute atomic E-state index is 0.201. The number of carbonyl (C=O) groups excluding carboxylic acids is 2. The van der Waals surface area contributed by atoms with Crippen molar-refractivity contribution in [3.05, 3.63) is 52.6 Å². The molecule has 0 aliphatic carbocycles. The van der Waals surface area contributed by atoms with Crippen LogP contribution < -0.4 is 10.7 Å². The zero-order chi connectivity index (χ0) is 18.0. The number of furan rings is 1. The molecule has 0 radical (unpaired) electrons. The number of benzene rings is 1. The second-order valence-electron chi connectivity index (χ2n) is 5.47. The van der Waals surface area contributed by atoms with E-state index in [0.717, 1.165) is 5.56 Å². The second kappa shape index (κ2) is 7.22. The molecule has 128 valence electrons. The topological polar surface area (TPSA) is 74.6 Å². The van der Waals surface area contributed by atoms with Gasteiger partial charge in [0, 0.05) is 31.3 Å². The standard InChI is InChI=1S/C17H15N3O3S2/c1-20(2)19-15(21)11-5-3-4-10(8-11)13-7-6-12(23-13)9-14-16(22)18-17(24)25-14/h3-9H,1-2H3,(H,19,21)(H,18,22,24)/b14-9-. The quantitative estimate of drug-likeness (QED) is 0.488. The van der Waals surface area contributed by atoms with Crippen molar-refractivity contribution in [1.82, 2.24) is 15.8 Å². The molecule has 2 aromatic rings. The van der Waals surface area contributed by atoms with Gasteiger partial charge in [0.25, 0.3) is 11.8 Å². The molecule has 1 aromatic carbocycles. The normalized spacial score (nSPS) is 15.7. The first-order chi connectivity index (χ1) is 11.9. The molecule has 0 unspecified atom stereocenters. The predicted octanol–water partition coefficient (Wildman–Crippen LogP) is 2.64. The number of rotatable bonds is 4. The van der Waals surface area contributed by atoms with E-state index in [4.69, 9.17) is 16.6 Å². The average molecular weight is 373 g/mol. The van der Waals surface area contributed by atoms with Crippen molar-refractivity contribution < 1.29 is 14.0 Å². The Bertz CT molecular complexity index is 887. The van der Waals surface area contributed by atoms with Gasteiger partial charge in [-0.1, -0.05) is 36.1 Å². The summed E-state index contributed by atoms with van der Waals surface area (Å²) in [6, 6.07) is 10.7. The van der Waals surface area contributed by atoms with Gasteiger partial charge in [-0.2, -0.15) is 0 Å². The summed E-state index contributed by atoms with van der Waals surface area (Å²) < 4.78 is 6.21. The minimum atomic E-state index is -0.227. The summed E-state index contributed by atoms with van der Waals surface area (Å²) in [5, 5.41) is 4.14. The third kappa shape index (κ3) is 4.16. The maximum atomic E-state index is 12.1. The molecule has 0 saturated carbocycles. The summed E-state index contributed by atoms with van der Waals surface area (Å²) in [6.45, 7) is 0. The van der Waals surface area contributed by atoms with Gasteiger partial charge in [0.05, 0.1) is 4.91 Å². The van der Waals surface area contributed by atoms with Crippen molar-refractivity contribution in [3.8, 4) is 11.3 Å². The van der Waals surface area contributed by atoms with Crippen LogP contribution in [0, 0.1) is 0 Å². The van der Waals surface area contributed by atoms with E-state index in [1.165, 1.54) is 11.8 Å². The number of hydrogen-bond donors (Lipinski definition) is 2. The third-order valence-corrected chi connectivity index (χ3v) is 4.44. The maximum Gasteiger partial charge on any atom is 0.265 e. The smallest absolute Gasteiger partial charge is 0.265 e. The number of hydrazine groups is 1. The first kappa shape index (κ1) is 17.4. The van der Waals surface area contributed by atoms with E-state index in [1.54, 1.807) is 55.5 Å². The van der Waals surface area contributed by atoms with Crippen LogP contribution in [-0.4, -0.2) is 35.2 Å².